The summed E-state index contributed by atoms with van der Waals surface area (Å²) in [6.07, 6.45) is 0. The molecule has 17 heavy (non-hydrogen) atoms. The molecular formula is C11H6FN3O2. The van der Waals surface area contributed by atoms with Crippen molar-refractivity contribution in [2.24, 2.45) is 0 Å². The maximum Gasteiger partial charge on any atom is 0.273 e. The number of pyridine rings is 1. The molecule has 2 heterocycles. The summed E-state index contributed by atoms with van der Waals surface area (Å²) in [6.45, 7) is 0. The molecular weight excluding hydrogens is 225 g/mol. The van der Waals surface area contributed by atoms with E-state index < -0.39 is 11.4 Å². The number of nitrogens with zero attached hydrogens (tertiary/aromatic N) is 2. The molecule has 1 aromatic carbocycles. The maximum absolute atomic E-state index is 13.0. The number of hydrogen-bond donors (Lipinski definition) is 2. The normalized spacial score (nSPS) is 11.1. The fourth-order valence-corrected chi connectivity index (χ4v) is 1.71. The van der Waals surface area contributed by atoms with E-state index in [1.54, 1.807) is 0 Å². The lowest BCUT2D eigenvalue weighted by Gasteiger charge is -2.01. The third-order valence-corrected chi connectivity index (χ3v) is 2.50. The van der Waals surface area contributed by atoms with Crippen molar-refractivity contribution in [2.75, 3.05) is 0 Å². The summed E-state index contributed by atoms with van der Waals surface area (Å²) in [5, 5.41) is 15.7. The van der Waals surface area contributed by atoms with Gasteiger partial charge in [0.1, 0.15) is 11.3 Å². The zero-order chi connectivity index (χ0) is 12.0. The number of fused-ring (bicyclic) bond motifs is 2. The predicted molar refractivity (Wildman–Crippen MR) is 59.3 cm³/mol. The minimum absolute atomic E-state index is 0.104. The van der Waals surface area contributed by atoms with E-state index in [2.05, 4.69) is 15.2 Å². The van der Waals surface area contributed by atoms with Gasteiger partial charge in [-0.15, -0.1) is 5.10 Å². The van der Waals surface area contributed by atoms with Crippen molar-refractivity contribution in [1.29, 1.82) is 0 Å². The zero-order valence-corrected chi connectivity index (χ0v) is 8.44. The fourth-order valence-electron chi connectivity index (χ4n) is 1.71. The van der Waals surface area contributed by atoms with E-state index in [1.807, 2.05) is 0 Å². The standard InChI is InChI=1S/C11H6FN3O2/c12-6-1-2-8-5(3-6)4-7-9(13-8)11(17)15-14-10(7)16/h1-4H,(H,14,16)(H,15,17). The summed E-state index contributed by atoms with van der Waals surface area (Å²) >= 11 is 0. The van der Waals surface area contributed by atoms with Crippen molar-refractivity contribution in [1.82, 2.24) is 15.2 Å². The van der Waals surface area contributed by atoms with Crippen LogP contribution in [0.15, 0.2) is 29.1 Å². The molecule has 5 nitrogen and oxygen atoms in total. The lowest BCUT2D eigenvalue weighted by Crippen LogP contribution is -2.08. The van der Waals surface area contributed by atoms with Crippen molar-refractivity contribution in [3.63, 3.8) is 0 Å². The van der Waals surface area contributed by atoms with Crippen molar-refractivity contribution in [2.45, 2.75) is 0 Å². The first-order valence-electron chi connectivity index (χ1n) is 4.83. The van der Waals surface area contributed by atoms with Crippen LogP contribution >= 0.6 is 0 Å². The van der Waals surface area contributed by atoms with E-state index in [1.165, 1.54) is 24.3 Å². The van der Waals surface area contributed by atoms with E-state index in [4.69, 9.17) is 0 Å². The molecule has 3 rings (SSSR count). The van der Waals surface area contributed by atoms with Gasteiger partial charge in [0.2, 0.25) is 0 Å². The number of halogens is 1. The van der Waals surface area contributed by atoms with Gasteiger partial charge in [-0.1, -0.05) is 0 Å². The van der Waals surface area contributed by atoms with Crippen molar-refractivity contribution >= 4 is 21.8 Å². The molecule has 0 radical (unpaired) electrons. The Balaban J connectivity index is 2.56. The van der Waals surface area contributed by atoms with Gasteiger partial charge in [0.25, 0.3) is 11.4 Å². The quantitative estimate of drug-likeness (QED) is 0.572. The molecule has 0 amide bonds. The first kappa shape index (κ1) is 9.71. The second-order valence-corrected chi connectivity index (χ2v) is 3.60. The average molecular weight is 231 g/mol. The Kier molecular flexibility index (Phi) is 1.85. The first-order chi connectivity index (χ1) is 8.15. The Morgan fingerprint density at radius 1 is 1.29 bits per heavy atom. The molecule has 0 aliphatic heterocycles. The number of aromatic nitrogens is 3. The summed E-state index contributed by atoms with van der Waals surface area (Å²) in [4.78, 5) is 15.6. The van der Waals surface area contributed by atoms with Crippen LogP contribution in [0.1, 0.15) is 0 Å². The number of aromatic hydroxyl groups is 1. The van der Waals surface area contributed by atoms with Crippen molar-refractivity contribution in [3.8, 4) is 5.88 Å². The number of rotatable bonds is 0. The Hall–Kier alpha value is -2.50. The van der Waals surface area contributed by atoms with E-state index in [9.17, 15) is 14.3 Å². The van der Waals surface area contributed by atoms with Gasteiger partial charge < -0.3 is 5.11 Å². The van der Waals surface area contributed by atoms with E-state index in [0.29, 0.717) is 10.9 Å². The number of H-pyrrole nitrogens is 1. The molecule has 0 aliphatic rings. The van der Waals surface area contributed by atoms with Crippen molar-refractivity contribution < 1.29 is 9.50 Å². The number of aromatic amines is 1. The number of benzene rings is 1. The minimum Gasteiger partial charge on any atom is -0.491 e. The van der Waals surface area contributed by atoms with Crippen LogP contribution in [0, 0.1) is 5.82 Å². The highest BCUT2D eigenvalue weighted by atomic mass is 19.1. The van der Waals surface area contributed by atoms with Gasteiger partial charge in [0.05, 0.1) is 10.9 Å². The molecule has 2 N–H and O–H groups in total. The Morgan fingerprint density at radius 2 is 2.12 bits per heavy atom. The number of hydrogen-bond acceptors (Lipinski definition) is 4. The highest BCUT2D eigenvalue weighted by molar-refractivity contribution is 5.93. The van der Waals surface area contributed by atoms with E-state index >= 15 is 0 Å². The van der Waals surface area contributed by atoms with Crippen LogP contribution in [0.5, 0.6) is 5.88 Å². The van der Waals surface area contributed by atoms with Gasteiger partial charge in [-0.25, -0.2) is 14.5 Å². The van der Waals surface area contributed by atoms with Crippen LogP contribution < -0.4 is 5.56 Å². The molecule has 0 saturated carbocycles. The second-order valence-electron chi connectivity index (χ2n) is 3.60. The second kappa shape index (κ2) is 3.24. The summed E-state index contributed by atoms with van der Waals surface area (Å²) in [5.74, 6) is -0.765. The Bertz CT molecular complexity index is 798. The largest absolute Gasteiger partial charge is 0.491 e. The minimum atomic E-state index is -0.475. The molecule has 3 aromatic rings. The van der Waals surface area contributed by atoms with E-state index in [-0.39, 0.29) is 16.8 Å². The Morgan fingerprint density at radius 3 is 2.94 bits per heavy atom. The van der Waals surface area contributed by atoms with Gasteiger partial charge >= 0.3 is 0 Å². The Labute approximate surface area is 93.5 Å². The molecule has 0 unspecified atom stereocenters. The third kappa shape index (κ3) is 1.42. The first-order valence-corrected chi connectivity index (χ1v) is 4.83. The molecule has 84 valence electrons. The molecule has 2 aromatic heterocycles. The van der Waals surface area contributed by atoms with Crippen LogP contribution in [-0.2, 0) is 0 Å². The van der Waals surface area contributed by atoms with Crippen LogP contribution in [0.2, 0.25) is 0 Å². The molecule has 6 heteroatoms. The predicted octanol–water partition coefficient (Wildman–Crippen LogP) is 1.32. The van der Waals surface area contributed by atoms with Crippen LogP contribution in [-0.4, -0.2) is 20.3 Å². The maximum atomic E-state index is 13.0. The zero-order valence-electron chi connectivity index (χ0n) is 8.44. The molecule has 0 atom stereocenters. The SMILES string of the molecule is O=c1[nH]nc(O)c2nc3ccc(F)cc3cc12. The topological polar surface area (TPSA) is 78.9 Å². The summed E-state index contributed by atoms with van der Waals surface area (Å²) in [5.41, 5.74) is 0.117. The monoisotopic (exact) mass is 231 g/mol. The molecule has 0 bridgehead atoms. The van der Waals surface area contributed by atoms with Gasteiger partial charge in [-0.2, -0.15) is 0 Å². The fraction of sp³-hybridized carbons (Fsp3) is 0. The molecule has 0 saturated heterocycles. The van der Waals surface area contributed by atoms with Gasteiger partial charge in [0.15, 0.2) is 0 Å². The van der Waals surface area contributed by atoms with Crippen LogP contribution in [0.25, 0.3) is 21.8 Å². The molecule has 0 spiro atoms. The number of nitrogens with one attached hydrogen (secondary N) is 1. The van der Waals surface area contributed by atoms with Crippen LogP contribution in [0.3, 0.4) is 0 Å². The van der Waals surface area contributed by atoms with Gasteiger partial charge in [0, 0.05) is 5.39 Å². The van der Waals surface area contributed by atoms with Gasteiger partial charge in [-0.05, 0) is 24.3 Å². The lowest BCUT2D eigenvalue weighted by atomic mass is 10.1. The highest BCUT2D eigenvalue weighted by Crippen LogP contribution is 2.21. The van der Waals surface area contributed by atoms with Gasteiger partial charge in [-0.3, -0.25) is 4.79 Å². The average Bonchev–Trinajstić information content (AvgIpc) is 2.32. The highest BCUT2D eigenvalue weighted by Gasteiger charge is 2.08. The summed E-state index contributed by atoms with van der Waals surface area (Å²) < 4.78 is 13.0. The lowest BCUT2D eigenvalue weighted by molar-refractivity contribution is 0.450. The molecule has 0 fully saturated rings. The summed E-state index contributed by atoms with van der Waals surface area (Å²) in [7, 11) is 0. The molecule has 0 aliphatic carbocycles. The third-order valence-electron chi connectivity index (χ3n) is 2.50. The smallest absolute Gasteiger partial charge is 0.273 e. The van der Waals surface area contributed by atoms with Crippen molar-refractivity contribution in [3.05, 3.63) is 40.4 Å². The van der Waals surface area contributed by atoms with Crippen LogP contribution in [0.4, 0.5) is 4.39 Å². The summed E-state index contributed by atoms with van der Waals surface area (Å²) in [6, 6.07) is 5.49. The van der Waals surface area contributed by atoms with E-state index in [0.717, 1.165) is 0 Å².